The van der Waals surface area contributed by atoms with Crippen LogP contribution in [0.1, 0.15) is 59.8 Å². The minimum Gasteiger partial charge on any atom is -0.350 e. The molecule has 2 N–H and O–H groups in total. The van der Waals surface area contributed by atoms with Gasteiger partial charge in [0.25, 0.3) is 0 Å². The second-order valence-corrected chi connectivity index (χ2v) is 5.36. The zero-order valence-corrected chi connectivity index (χ0v) is 11.9. The summed E-state index contributed by atoms with van der Waals surface area (Å²) in [6, 6.07) is 0. The van der Waals surface area contributed by atoms with Gasteiger partial charge in [0.1, 0.15) is 0 Å². The summed E-state index contributed by atoms with van der Waals surface area (Å²) in [5.41, 5.74) is -0.160. The van der Waals surface area contributed by atoms with Gasteiger partial charge in [0.15, 0.2) is 0 Å². The number of carbonyl (C=O) groups excluding carboxylic acids is 1. The minimum absolute atomic E-state index is 0.00183. The second kappa shape index (κ2) is 5.85. The van der Waals surface area contributed by atoms with E-state index in [1.165, 1.54) is 0 Å². The van der Waals surface area contributed by atoms with E-state index in [9.17, 15) is 4.79 Å². The van der Waals surface area contributed by atoms with E-state index in [1.807, 2.05) is 0 Å². The van der Waals surface area contributed by atoms with Crippen molar-refractivity contribution in [1.82, 2.24) is 10.6 Å². The normalized spacial score (nSPS) is 24.9. The maximum absolute atomic E-state index is 12.5. The summed E-state index contributed by atoms with van der Waals surface area (Å²) < 4.78 is 0. The lowest BCUT2D eigenvalue weighted by Gasteiger charge is -2.36. The van der Waals surface area contributed by atoms with Crippen molar-refractivity contribution >= 4 is 5.91 Å². The molecule has 0 aromatic rings. The molecule has 1 rings (SSSR count). The zero-order chi connectivity index (χ0) is 12.9. The number of amides is 1. The Labute approximate surface area is 106 Å². The van der Waals surface area contributed by atoms with Crippen molar-refractivity contribution in [3.05, 3.63) is 0 Å². The summed E-state index contributed by atoms with van der Waals surface area (Å²) in [4.78, 5) is 12.5. The highest BCUT2D eigenvalue weighted by molar-refractivity contribution is 5.84. The summed E-state index contributed by atoms with van der Waals surface area (Å²) in [7, 11) is 0. The fraction of sp³-hybridized carbons (Fsp3) is 0.929. The van der Waals surface area contributed by atoms with Crippen molar-refractivity contribution in [2.45, 2.75) is 65.3 Å². The van der Waals surface area contributed by atoms with Crippen molar-refractivity contribution in [3.63, 3.8) is 0 Å². The van der Waals surface area contributed by atoms with E-state index < -0.39 is 0 Å². The highest BCUT2D eigenvalue weighted by atomic mass is 16.2. The molecule has 0 saturated carbocycles. The molecular formula is C14H28N2O. The molecule has 3 nitrogen and oxygen atoms in total. The van der Waals surface area contributed by atoms with Gasteiger partial charge in [0, 0.05) is 12.1 Å². The first-order valence-corrected chi connectivity index (χ1v) is 7.11. The fourth-order valence-electron chi connectivity index (χ4n) is 2.79. The highest BCUT2D eigenvalue weighted by Crippen LogP contribution is 2.31. The maximum Gasteiger partial charge on any atom is 0.227 e. The van der Waals surface area contributed by atoms with Crippen LogP contribution in [0, 0.1) is 5.41 Å². The van der Waals surface area contributed by atoms with Crippen LogP contribution in [0.5, 0.6) is 0 Å². The Morgan fingerprint density at radius 3 is 2.18 bits per heavy atom. The average molecular weight is 240 g/mol. The first kappa shape index (κ1) is 14.5. The smallest absolute Gasteiger partial charge is 0.227 e. The van der Waals surface area contributed by atoms with Crippen LogP contribution in [0.15, 0.2) is 0 Å². The first-order valence-electron chi connectivity index (χ1n) is 7.11. The molecule has 1 fully saturated rings. The van der Waals surface area contributed by atoms with E-state index in [0.717, 1.165) is 45.2 Å². The third kappa shape index (κ3) is 2.82. The van der Waals surface area contributed by atoms with E-state index in [-0.39, 0.29) is 16.9 Å². The van der Waals surface area contributed by atoms with Crippen LogP contribution in [0.4, 0.5) is 0 Å². The van der Waals surface area contributed by atoms with E-state index >= 15 is 0 Å². The Hall–Kier alpha value is -0.570. The molecule has 0 aliphatic carbocycles. The largest absolute Gasteiger partial charge is 0.350 e. The minimum atomic E-state index is -0.162. The van der Waals surface area contributed by atoms with Gasteiger partial charge in [-0.1, -0.05) is 27.7 Å². The van der Waals surface area contributed by atoms with Crippen LogP contribution in [0.3, 0.4) is 0 Å². The van der Waals surface area contributed by atoms with Crippen LogP contribution in [0.2, 0.25) is 0 Å². The average Bonchev–Trinajstić information content (AvgIpc) is 2.86. The van der Waals surface area contributed by atoms with Gasteiger partial charge in [-0.25, -0.2) is 0 Å². The predicted octanol–water partition coefficient (Wildman–Crippen LogP) is 2.46. The zero-order valence-electron chi connectivity index (χ0n) is 11.9. The molecule has 0 radical (unpaired) electrons. The topological polar surface area (TPSA) is 41.1 Å². The van der Waals surface area contributed by atoms with E-state index in [0.29, 0.717) is 0 Å². The molecule has 0 aromatic heterocycles. The van der Waals surface area contributed by atoms with Gasteiger partial charge in [-0.3, -0.25) is 4.79 Å². The fourth-order valence-corrected chi connectivity index (χ4v) is 2.79. The van der Waals surface area contributed by atoms with Gasteiger partial charge in [0.2, 0.25) is 5.91 Å². The lowest BCUT2D eigenvalue weighted by molar-refractivity contribution is -0.132. The molecule has 3 heteroatoms. The molecule has 100 valence electrons. The predicted molar refractivity (Wildman–Crippen MR) is 72.0 cm³/mol. The molecule has 0 bridgehead atoms. The third-order valence-corrected chi connectivity index (χ3v) is 4.81. The number of hydrogen-bond acceptors (Lipinski definition) is 2. The van der Waals surface area contributed by atoms with Crippen LogP contribution < -0.4 is 10.6 Å². The van der Waals surface area contributed by atoms with Crippen molar-refractivity contribution in [1.29, 1.82) is 0 Å². The van der Waals surface area contributed by atoms with Crippen LogP contribution in [-0.4, -0.2) is 24.5 Å². The van der Waals surface area contributed by atoms with Crippen LogP contribution in [-0.2, 0) is 4.79 Å². The van der Waals surface area contributed by atoms with Crippen molar-refractivity contribution in [3.8, 4) is 0 Å². The lowest BCUT2D eigenvalue weighted by Crippen LogP contribution is -2.53. The SMILES string of the molecule is CCC(CC)(CC)NC(=O)C1(CC)CCNC1. The molecular weight excluding hydrogens is 212 g/mol. The molecule has 1 heterocycles. The van der Waals surface area contributed by atoms with Crippen molar-refractivity contribution in [2.24, 2.45) is 5.41 Å². The summed E-state index contributed by atoms with van der Waals surface area (Å²) in [5.74, 6) is 0.260. The molecule has 0 aromatic carbocycles. The number of nitrogens with one attached hydrogen (secondary N) is 2. The quantitative estimate of drug-likeness (QED) is 0.749. The Morgan fingerprint density at radius 2 is 1.82 bits per heavy atom. The van der Waals surface area contributed by atoms with Gasteiger partial charge in [-0.15, -0.1) is 0 Å². The van der Waals surface area contributed by atoms with Crippen molar-refractivity contribution < 1.29 is 4.79 Å². The van der Waals surface area contributed by atoms with Gasteiger partial charge in [-0.2, -0.15) is 0 Å². The van der Waals surface area contributed by atoms with Crippen LogP contribution in [0.25, 0.3) is 0 Å². The maximum atomic E-state index is 12.5. The van der Waals surface area contributed by atoms with Crippen LogP contribution >= 0.6 is 0 Å². The summed E-state index contributed by atoms with van der Waals surface area (Å²) in [6.45, 7) is 10.4. The molecule has 17 heavy (non-hydrogen) atoms. The van der Waals surface area contributed by atoms with E-state index in [1.54, 1.807) is 0 Å². The molecule has 0 spiro atoms. The molecule has 1 atom stereocenters. The highest BCUT2D eigenvalue weighted by Gasteiger charge is 2.41. The number of hydrogen-bond donors (Lipinski definition) is 2. The first-order chi connectivity index (χ1) is 8.08. The Bertz CT molecular complexity index is 245. The standard InChI is InChI=1S/C14H28N2O/c1-5-13(9-10-15-11-13)12(17)16-14(6-2,7-3)8-4/h15H,5-11H2,1-4H3,(H,16,17). The summed E-state index contributed by atoms with van der Waals surface area (Å²) in [5, 5.41) is 6.66. The monoisotopic (exact) mass is 240 g/mol. The summed E-state index contributed by atoms with van der Waals surface area (Å²) >= 11 is 0. The van der Waals surface area contributed by atoms with Gasteiger partial charge >= 0.3 is 0 Å². The van der Waals surface area contributed by atoms with E-state index in [4.69, 9.17) is 0 Å². The van der Waals surface area contributed by atoms with Gasteiger partial charge < -0.3 is 10.6 Å². The lowest BCUT2D eigenvalue weighted by atomic mass is 9.81. The molecule has 1 aliphatic rings. The molecule has 1 saturated heterocycles. The van der Waals surface area contributed by atoms with Crippen molar-refractivity contribution in [2.75, 3.05) is 13.1 Å². The Morgan fingerprint density at radius 1 is 1.24 bits per heavy atom. The molecule has 1 aliphatic heterocycles. The molecule has 1 amide bonds. The van der Waals surface area contributed by atoms with Gasteiger partial charge in [0.05, 0.1) is 5.41 Å². The van der Waals surface area contributed by atoms with Gasteiger partial charge in [-0.05, 0) is 38.6 Å². The summed E-state index contributed by atoms with van der Waals surface area (Å²) in [6.07, 6.45) is 4.94. The molecule has 1 unspecified atom stereocenters. The number of carbonyl (C=O) groups is 1. The van der Waals surface area contributed by atoms with E-state index in [2.05, 4.69) is 38.3 Å². The Kier molecular flexibility index (Phi) is 4.99. The number of rotatable bonds is 6. The Balaban J connectivity index is 2.75. The third-order valence-electron chi connectivity index (χ3n) is 4.81. The second-order valence-electron chi connectivity index (χ2n) is 5.36.